The third-order valence-electron chi connectivity index (χ3n) is 2.07. The van der Waals surface area contributed by atoms with E-state index in [2.05, 4.69) is 10.1 Å². The van der Waals surface area contributed by atoms with Crippen molar-refractivity contribution in [1.82, 2.24) is 14.8 Å². The number of aryl methyl sites for hydroxylation is 2. The van der Waals surface area contributed by atoms with Crippen LogP contribution in [0, 0.1) is 6.92 Å². The first-order valence-corrected chi connectivity index (χ1v) is 4.39. The monoisotopic (exact) mass is 188 g/mol. The molecule has 2 rings (SSSR count). The van der Waals surface area contributed by atoms with Gasteiger partial charge in [0.2, 0.25) is 0 Å². The van der Waals surface area contributed by atoms with Gasteiger partial charge in [-0.3, -0.25) is 9.67 Å². The van der Waals surface area contributed by atoms with Gasteiger partial charge in [-0.05, 0) is 19.1 Å². The number of nitrogens with zero attached hydrogens (tertiary/aromatic N) is 3. The van der Waals surface area contributed by atoms with Crippen molar-refractivity contribution in [1.29, 1.82) is 0 Å². The number of anilines is 1. The van der Waals surface area contributed by atoms with Crippen molar-refractivity contribution >= 4 is 5.69 Å². The van der Waals surface area contributed by atoms with E-state index in [0.29, 0.717) is 0 Å². The quantitative estimate of drug-likeness (QED) is 0.735. The second-order valence-corrected chi connectivity index (χ2v) is 3.28. The Morgan fingerprint density at radius 3 is 2.79 bits per heavy atom. The Morgan fingerprint density at radius 2 is 2.21 bits per heavy atom. The topological polar surface area (TPSA) is 56.7 Å². The Hall–Kier alpha value is -1.84. The molecule has 0 aliphatic heterocycles. The summed E-state index contributed by atoms with van der Waals surface area (Å²) in [7, 11) is 1.89. The Bertz CT molecular complexity index is 459. The summed E-state index contributed by atoms with van der Waals surface area (Å²) in [6.45, 7) is 1.96. The van der Waals surface area contributed by atoms with Crippen LogP contribution < -0.4 is 5.73 Å². The Kier molecular flexibility index (Phi) is 1.96. The standard InChI is InChI=1S/C10H12N4/c1-7-9(6-14(2)13-7)10-5-8(11)3-4-12-10/h3-6H,1-2H3,(H2,11,12). The molecule has 2 aromatic heterocycles. The summed E-state index contributed by atoms with van der Waals surface area (Å²) in [6, 6.07) is 3.62. The van der Waals surface area contributed by atoms with E-state index in [1.807, 2.05) is 26.2 Å². The summed E-state index contributed by atoms with van der Waals surface area (Å²) in [5.74, 6) is 0. The fourth-order valence-corrected chi connectivity index (χ4v) is 1.45. The summed E-state index contributed by atoms with van der Waals surface area (Å²) in [5.41, 5.74) is 9.27. The molecule has 0 aromatic carbocycles. The summed E-state index contributed by atoms with van der Waals surface area (Å²) in [5, 5.41) is 4.25. The van der Waals surface area contributed by atoms with Crippen LogP contribution in [-0.4, -0.2) is 14.8 Å². The fraction of sp³-hybridized carbons (Fsp3) is 0.200. The molecule has 0 saturated carbocycles. The van der Waals surface area contributed by atoms with E-state index in [0.717, 1.165) is 22.6 Å². The zero-order chi connectivity index (χ0) is 10.1. The molecule has 0 spiro atoms. The van der Waals surface area contributed by atoms with Crippen molar-refractivity contribution in [2.75, 3.05) is 5.73 Å². The zero-order valence-electron chi connectivity index (χ0n) is 8.23. The molecular weight excluding hydrogens is 176 g/mol. The second kappa shape index (κ2) is 3.14. The summed E-state index contributed by atoms with van der Waals surface area (Å²) >= 11 is 0. The van der Waals surface area contributed by atoms with Gasteiger partial charge in [-0.1, -0.05) is 0 Å². The van der Waals surface area contributed by atoms with Crippen LogP contribution in [0.25, 0.3) is 11.3 Å². The summed E-state index contributed by atoms with van der Waals surface area (Å²) < 4.78 is 1.77. The van der Waals surface area contributed by atoms with Crippen molar-refractivity contribution in [2.24, 2.45) is 7.05 Å². The van der Waals surface area contributed by atoms with Crippen LogP contribution in [0.5, 0.6) is 0 Å². The van der Waals surface area contributed by atoms with Crippen molar-refractivity contribution in [3.05, 3.63) is 30.2 Å². The van der Waals surface area contributed by atoms with Crippen molar-refractivity contribution < 1.29 is 0 Å². The molecular formula is C10H12N4. The highest BCUT2D eigenvalue weighted by molar-refractivity contribution is 5.64. The third kappa shape index (κ3) is 1.46. The Balaban J connectivity index is 2.54. The highest BCUT2D eigenvalue weighted by atomic mass is 15.2. The predicted molar refractivity (Wildman–Crippen MR) is 55.6 cm³/mol. The summed E-state index contributed by atoms with van der Waals surface area (Å²) in [4.78, 5) is 4.25. The number of hydrogen-bond acceptors (Lipinski definition) is 3. The van der Waals surface area contributed by atoms with Gasteiger partial charge in [-0.25, -0.2) is 0 Å². The first-order chi connectivity index (χ1) is 6.66. The average molecular weight is 188 g/mol. The van der Waals surface area contributed by atoms with Gasteiger partial charge in [0, 0.05) is 30.7 Å². The first kappa shape index (κ1) is 8.74. The van der Waals surface area contributed by atoms with Crippen LogP contribution in [-0.2, 0) is 7.05 Å². The van der Waals surface area contributed by atoms with Crippen LogP contribution in [0.3, 0.4) is 0 Å². The van der Waals surface area contributed by atoms with Crippen LogP contribution in [0.4, 0.5) is 5.69 Å². The van der Waals surface area contributed by atoms with Crippen molar-refractivity contribution in [3.8, 4) is 11.3 Å². The van der Waals surface area contributed by atoms with Crippen LogP contribution in [0.1, 0.15) is 5.69 Å². The molecule has 0 aliphatic carbocycles. The number of hydrogen-bond donors (Lipinski definition) is 1. The van der Waals surface area contributed by atoms with Gasteiger partial charge in [0.1, 0.15) is 0 Å². The molecule has 2 N–H and O–H groups in total. The number of rotatable bonds is 1. The minimum Gasteiger partial charge on any atom is -0.399 e. The minimum absolute atomic E-state index is 0.721. The molecule has 0 fully saturated rings. The molecule has 14 heavy (non-hydrogen) atoms. The number of aromatic nitrogens is 3. The highest BCUT2D eigenvalue weighted by Gasteiger charge is 2.06. The van der Waals surface area contributed by atoms with E-state index in [1.165, 1.54) is 0 Å². The summed E-state index contributed by atoms with van der Waals surface area (Å²) in [6.07, 6.45) is 3.65. The van der Waals surface area contributed by atoms with Crippen LogP contribution in [0.15, 0.2) is 24.5 Å². The molecule has 0 atom stereocenters. The molecule has 0 amide bonds. The molecule has 2 heterocycles. The maximum absolute atomic E-state index is 5.69. The van der Waals surface area contributed by atoms with Gasteiger partial charge in [0.25, 0.3) is 0 Å². The first-order valence-electron chi connectivity index (χ1n) is 4.39. The van der Waals surface area contributed by atoms with Gasteiger partial charge >= 0.3 is 0 Å². The molecule has 4 heteroatoms. The van der Waals surface area contributed by atoms with Crippen molar-refractivity contribution in [3.63, 3.8) is 0 Å². The molecule has 0 aliphatic rings. The van der Waals surface area contributed by atoms with Gasteiger partial charge in [-0.2, -0.15) is 5.10 Å². The van der Waals surface area contributed by atoms with Crippen LogP contribution in [0.2, 0.25) is 0 Å². The van der Waals surface area contributed by atoms with Crippen LogP contribution >= 0.6 is 0 Å². The second-order valence-electron chi connectivity index (χ2n) is 3.28. The molecule has 2 aromatic rings. The maximum atomic E-state index is 5.69. The lowest BCUT2D eigenvalue weighted by molar-refractivity contribution is 0.756. The molecule has 0 radical (unpaired) electrons. The maximum Gasteiger partial charge on any atom is 0.0756 e. The fourth-order valence-electron chi connectivity index (χ4n) is 1.45. The molecule has 0 bridgehead atoms. The van der Waals surface area contributed by atoms with E-state index in [1.54, 1.807) is 16.9 Å². The van der Waals surface area contributed by atoms with Gasteiger partial charge in [-0.15, -0.1) is 0 Å². The predicted octanol–water partition coefficient (Wildman–Crippen LogP) is 1.37. The highest BCUT2D eigenvalue weighted by Crippen LogP contribution is 2.21. The molecule has 4 nitrogen and oxygen atoms in total. The molecule has 0 saturated heterocycles. The lowest BCUT2D eigenvalue weighted by Crippen LogP contribution is -1.88. The smallest absolute Gasteiger partial charge is 0.0756 e. The van der Waals surface area contributed by atoms with E-state index in [-0.39, 0.29) is 0 Å². The number of nitrogens with two attached hydrogens (primary N) is 1. The van der Waals surface area contributed by atoms with E-state index in [4.69, 9.17) is 5.73 Å². The number of pyridine rings is 1. The Morgan fingerprint density at radius 1 is 1.43 bits per heavy atom. The van der Waals surface area contributed by atoms with Gasteiger partial charge < -0.3 is 5.73 Å². The average Bonchev–Trinajstić information content (AvgIpc) is 2.45. The molecule has 0 unspecified atom stereocenters. The normalized spacial score (nSPS) is 10.4. The Labute approximate surface area is 82.4 Å². The third-order valence-corrected chi connectivity index (χ3v) is 2.07. The SMILES string of the molecule is Cc1nn(C)cc1-c1cc(N)ccn1. The zero-order valence-corrected chi connectivity index (χ0v) is 8.23. The van der Waals surface area contributed by atoms with E-state index < -0.39 is 0 Å². The lowest BCUT2D eigenvalue weighted by Gasteiger charge is -1.98. The van der Waals surface area contributed by atoms with E-state index in [9.17, 15) is 0 Å². The van der Waals surface area contributed by atoms with E-state index >= 15 is 0 Å². The largest absolute Gasteiger partial charge is 0.399 e. The minimum atomic E-state index is 0.721. The van der Waals surface area contributed by atoms with Crippen molar-refractivity contribution in [2.45, 2.75) is 6.92 Å². The number of nitrogen functional groups attached to an aromatic ring is 1. The van der Waals surface area contributed by atoms with Gasteiger partial charge in [0.15, 0.2) is 0 Å². The lowest BCUT2D eigenvalue weighted by atomic mass is 10.1. The molecule has 72 valence electrons. The van der Waals surface area contributed by atoms with Gasteiger partial charge in [0.05, 0.1) is 11.4 Å².